The van der Waals surface area contributed by atoms with Crippen molar-refractivity contribution in [2.45, 2.75) is 30.6 Å². The van der Waals surface area contributed by atoms with Crippen molar-refractivity contribution in [2.75, 3.05) is 0 Å². The van der Waals surface area contributed by atoms with Crippen molar-refractivity contribution >= 4 is 23.2 Å². The second kappa shape index (κ2) is 5.87. The molecule has 0 saturated carbocycles. The normalized spacial score (nSPS) is 12.3. The molecule has 0 radical (unpaired) electrons. The Bertz CT molecular complexity index is 573. The van der Waals surface area contributed by atoms with E-state index in [4.69, 9.17) is 0 Å². The number of fused-ring (bicyclic) bond motifs is 2. The summed E-state index contributed by atoms with van der Waals surface area (Å²) in [5.41, 5.74) is 3.40. The van der Waals surface area contributed by atoms with E-state index in [9.17, 15) is 0 Å². The third-order valence-electron chi connectivity index (χ3n) is 2.65. The van der Waals surface area contributed by atoms with Gasteiger partial charge in [-0.05, 0) is 25.1 Å². The van der Waals surface area contributed by atoms with Crippen LogP contribution in [0.1, 0.15) is 26.3 Å². The Hall–Kier alpha value is -1.54. The van der Waals surface area contributed by atoms with Gasteiger partial charge in [0.05, 0.1) is 5.69 Å². The van der Waals surface area contributed by atoms with E-state index in [1.54, 1.807) is 11.8 Å². The summed E-state index contributed by atoms with van der Waals surface area (Å²) < 4.78 is 0. The number of para-hydroxylation sites is 1. The average Bonchev–Trinajstić information content (AvgIpc) is 2.57. The van der Waals surface area contributed by atoms with Gasteiger partial charge in [0.25, 0.3) is 0 Å². The molecule has 1 aliphatic heterocycles. The second-order valence-electron chi connectivity index (χ2n) is 3.76. The van der Waals surface area contributed by atoms with Crippen LogP contribution < -0.4 is 0 Å². The van der Waals surface area contributed by atoms with Crippen LogP contribution in [0.5, 0.6) is 0 Å². The maximum Gasteiger partial charge on any atom is 0.0772 e. The number of hydrogen-bond donors (Lipinski definition) is 0. The highest BCUT2D eigenvalue weighted by Crippen LogP contribution is 2.39. The zero-order valence-electron chi connectivity index (χ0n) is 11.0. The summed E-state index contributed by atoms with van der Waals surface area (Å²) in [6, 6.07) is 16.7. The lowest BCUT2D eigenvalue weighted by atomic mass is 10.1. The monoisotopic (exact) mass is 255 g/mol. The van der Waals surface area contributed by atoms with E-state index in [-0.39, 0.29) is 0 Å². The van der Waals surface area contributed by atoms with E-state index < -0.39 is 0 Å². The van der Waals surface area contributed by atoms with Gasteiger partial charge in [0.15, 0.2) is 0 Å². The number of benzene rings is 2. The van der Waals surface area contributed by atoms with Gasteiger partial charge in [0, 0.05) is 21.1 Å². The highest BCUT2D eigenvalue weighted by molar-refractivity contribution is 7.99. The molecule has 92 valence electrons. The van der Waals surface area contributed by atoms with Gasteiger partial charge < -0.3 is 0 Å². The van der Waals surface area contributed by atoms with Crippen molar-refractivity contribution in [2.24, 2.45) is 4.99 Å². The van der Waals surface area contributed by atoms with E-state index >= 15 is 0 Å². The lowest BCUT2D eigenvalue weighted by molar-refractivity contribution is 1.37. The molecule has 0 atom stereocenters. The van der Waals surface area contributed by atoms with Gasteiger partial charge in [-0.1, -0.05) is 55.9 Å². The Labute approximate surface area is 113 Å². The Morgan fingerprint density at radius 3 is 2.22 bits per heavy atom. The van der Waals surface area contributed by atoms with Crippen LogP contribution in [0, 0.1) is 0 Å². The van der Waals surface area contributed by atoms with Crippen molar-refractivity contribution in [3.8, 4) is 0 Å². The van der Waals surface area contributed by atoms with Crippen LogP contribution in [-0.4, -0.2) is 5.71 Å². The quantitative estimate of drug-likeness (QED) is 0.620. The Morgan fingerprint density at radius 2 is 1.44 bits per heavy atom. The third-order valence-corrected chi connectivity index (χ3v) is 3.79. The minimum absolute atomic E-state index is 1.07. The molecule has 3 rings (SSSR count). The molecule has 1 heterocycles. The molecule has 18 heavy (non-hydrogen) atoms. The molecule has 0 unspecified atom stereocenters. The molecular weight excluding hydrogens is 238 g/mol. The smallest absolute Gasteiger partial charge is 0.0772 e. The fourth-order valence-corrected chi connectivity index (χ4v) is 2.92. The maximum atomic E-state index is 4.68. The molecule has 2 aromatic carbocycles. The highest BCUT2D eigenvalue weighted by Gasteiger charge is 2.13. The van der Waals surface area contributed by atoms with Gasteiger partial charge in [0.2, 0.25) is 0 Å². The number of nitrogens with zero attached hydrogens (tertiary/aromatic N) is 1. The summed E-state index contributed by atoms with van der Waals surface area (Å²) in [5.74, 6) is 0. The maximum absolute atomic E-state index is 4.68. The van der Waals surface area contributed by atoms with Crippen LogP contribution in [-0.2, 0) is 0 Å². The Balaban J connectivity index is 0.000000574. The molecule has 0 saturated heterocycles. The zero-order chi connectivity index (χ0) is 13.0. The highest BCUT2D eigenvalue weighted by atomic mass is 32.2. The van der Waals surface area contributed by atoms with Gasteiger partial charge in [0.1, 0.15) is 0 Å². The fraction of sp³-hybridized carbons (Fsp3) is 0.188. The van der Waals surface area contributed by atoms with Crippen LogP contribution in [0.3, 0.4) is 0 Å². The van der Waals surface area contributed by atoms with Crippen LogP contribution in [0.4, 0.5) is 5.69 Å². The fourth-order valence-electron chi connectivity index (χ4n) is 1.85. The third kappa shape index (κ3) is 2.49. The first-order chi connectivity index (χ1) is 8.84. The molecule has 0 aromatic heterocycles. The summed E-state index contributed by atoms with van der Waals surface area (Å²) in [6.45, 7) is 6.07. The van der Waals surface area contributed by atoms with Gasteiger partial charge in [-0.15, -0.1) is 0 Å². The van der Waals surface area contributed by atoms with Gasteiger partial charge in [-0.3, -0.25) is 4.99 Å². The molecule has 2 aromatic rings. The summed E-state index contributed by atoms with van der Waals surface area (Å²) in [6.07, 6.45) is 0. The van der Waals surface area contributed by atoms with E-state index in [1.165, 1.54) is 15.4 Å². The van der Waals surface area contributed by atoms with Crippen molar-refractivity contribution in [3.63, 3.8) is 0 Å². The standard InChI is InChI=1S/C14H11NS.C2H6/c1-10-11-6-2-4-8-13(11)16-14-9-5-3-7-12(14)15-10;1-2/h2-9H,1H3;1-2H3. The van der Waals surface area contributed by atoms with E-state index in [2.05, 4.69) is 54.4 Å². The molecule has 0 bridgehead atoms. The van der Waals surface area contributed by atoms with Gasteiger partial charge >= 0.3 is 0 Å². The summed E-state index contributed by atoms with van der Waals surface area (Å²) in [4.78, 5) is 7.19. The van der Waals surface area contributed by atoms with Crippen LogP contribution in [0.15, 0.2) is 63.3 Å². The average molecular weight is 255 g/mol. The predicted molar refractivity (Wildman–Crippen MR) is 80.2 cm³/mol. The van der Waals surface area contributed by atoms with Crippen molar-refractivity contribution in [1.29, 1.82) is 0 Å². The SMILES string of the molecule is CC.CC1=Nc2ccccc2Sc2ccccc21. The molecule has 0 N–H and O–H groups in total. The van der Waals surface area contributed by atoms with Crippen molar-refractivity contribution in [3.05, 3.63) is 54.1 Å². The lowest BCUT2D eigenvalue weighted by Crippen LogP contribution is -1.94. The zero-order valence-corrected chi connectivity index (χ0v) is 11.8. The minimum Gasteiger partial charge on any atom is -0.252 e. The Morgan fingerprint density at radius 1 is 0.833 bits per heavy atom. The largest absolute Gasteiger partial charge is 0.252 e. The molecular formula is C16H17NS. The van der Waals surface area contributed by atoms with Crippen molar-refractivity contribution in [1.82, 2.24) is 0 Å². The van der Waals surface area contributed by atoms with Crippen LogP contribution >= 0.6 is 11.8 Å². The van der Waals surface area contributed by atoms with E-state index in [1.807, 2.05) is 19.9 Å². The van der Waals surface area contributed by atoms with Gasteiger partial charge in [-0.25, -0.2) is 0 Å². The second-order valence-corrected chi connectivity index (χ2v) is 4.85. The summed E-state index contributed by atoms with van der Waals surface area (Å²) >= 11 is 1.79. The lowest BCUT2D eigenvalue weighted by Gasteiger charge is -2.04. The number of rotatable bonds is 0. The molecule has 0 aliphatic carbocycles. The number of aliphatic imine (C=N–C) groups is 1. The Kier molecular flexibility index (Phi) is 4.21. The van der Waals surface area contributed by atoms with Crippen LogP contribution in [0.2, 0.25) is 0 Å². The minimum atomic E-state index is 1.07. The predicted octanol–water partition coefficient (Wildman–Crippen LogP) is 5.32. The topological polar surface area (TPSA) is 12.4 Å². The van der Waals surface area contributed by atoms with Crippen molar-refractivity contribution < 1.29 is 0 Å². The molecule has 0 amide bonds. The molecule has 0 fully saturated rings. The molecule has 1 aliphatic rings. The van der Waals surface area contributed by atoms with E-state index in [0.717, 1.165) is 11.4 Å². The first kappa shape index (κ1) is 12.9. The molecule has 0 spiro atoms. The first-order valence-corrected chi connectivity index (χ1v) is 7.08. The van der Waals surface area contributed by atoms with E-state index in [0.29, 0.717) is 0 Å². The van der Waals surface area contributed by atoms with Crippen LogP contribution in [0.25, 0.3) is 0 Å². The number of hydrogen-bond acceptors (Lipinski definition) is 2. The van der Waals surface area contributed by atoms with Gasteiger partial charge in [-0.2, -0.15) is 0 Å². The summed E-state index contributed by atoms with van der Waals surface area (Å²) in [7, 11) is 0. The molecule has 2 heteroatoms. The molecule has 1 nitrogen and oxygen atoms in total. The first-order valence-electron chi connectivity index (χ1n) is 6.26. The summed E-state index contributed by atoms with van der Waals surface area (Å²) in [5, 5.41) is 0.